The van der Waals surface area contributed by atoms with Crippen LogP contribution in [0.5, 0.6) is 11.5 Å². The fraction of sp³-hybridized carbons (Fsp3) is 0.391. The number of aliphatic hydroxyl groups excluding tert-OH is 1. The monoisotopic (exact) mass is 715 g/mol. The lowest BCUT2D eigenvalue weighted by molar-refractivity contribution is -0.140. The molecular weight excluding hydrogens is 663 g/mol. The van der Waals surface area contributed by atoms with Crippen molar-refractivity contribution >= 4 is 11.7 Å². The topological polar surface area (TPSA) is 96.3 Å². The lowest BCUT2D eigenvalue weighted by atomic mass is 9.64. The maximum atomic E-state index is 14.4. The predicted octanol–water partition coefficient (Wildman–Crippen LogP) is 8.24. The molecule has 2 N–H and O–H groups in total. The van der Waals surface area contributed by atoms with Crippen LogP contribution >= 0.6 is 0 Å². The van der Waals surface area contributed by atoms with Crippen molar-refractivity contribution in [2.75, 3.05) is 20.8 Å². The van der Waals surface area contributed by atoms with E-state index in [4.69, 9.17) is 9.47 Å². The molecule has 1 fully saturated rings. The van der Waals surface area contributed by atoms with E-state index in [9.17, 15) is 19.8 Å². The molecular formula is C46H53NO6. The third kappa shape index (κ3) is 8.42. The molecule has 0 aliphatic heterocycles. The van der Waals surface area contributed by atoms with Gasteiger partial charge in [-0.3, -0.25) is 9.59 Å². The van der Waals surface area contributed by atoms with E-state index in [2.05, 4.69) is 26.0 Å². The second-order valence-electron chi connectivity index (χ2n) is 15.2. The Morgan fingerprint density at radius 2 is 1.57 bits per heavy atom. The Labute approximate surface area is 314 Å². The van der Waals surface area contributed by atoms with Crippen molar-refractivity contribution in [3.8, 4) is 11.5 Å². The van der Waals surface area contributed by atoms with Crippen molar-refractivity contribution in [2.24, 2.45) is 5.41 Å². The Morgan fingerprint density at radius 1 is 0.849 bits per heavy atom. The minimum absolute atomic E-state index is 0.0617. The molecule has 0 saturated heterocycles. The summed E-state index contributed by atoms with van der Waals surface area (Å²) < 4.78 is 11.0. The van der Waals surface area contributed by atoms with Crippen LogP contribution in [0, 0.1) is 5.41 Å². The first kappa shape index (κ1) is 38.0. The highest BCUT2D eigenvalue weighted by Crippen LogP contribution is 2.59. The fourth-order valence-electron chi connectivity index (χ4n) is 8.57. The van der Waals surface area contributed by atoms with Crippen LogP contribution in [0.15, 0.2) is 109 Å². The number of carbonyl (C=O) groups is 2. The molecule has 7 heteroatoms. The first-order valence-electron chi connectivity index (χ1n) is 18.8. The van der Waals surface area contributed by atoms with Crippen molar-refractivity contribution in [3.05, 3.63) is 142 Å². The number of allylic oxidation sites excluding steroid dienone is 2. The van der Waals surface area contributed by atoms with Crippen LogP contribution in [0.2, 0.25) is 0 Å². The first-order valence-corrected chi connectivity index (χ1v) is 18.8. The van der Waals surface area contributed by atoms with Gasteiger partial charge in [-0.15, -0.1) is 0 Å². The van der Waals surface area contributed by atoms with E-state index in [1.807, 2.05) is 95.9 Å². The number of amides is 1. The SMILES string of the molecule is COc1ccc(CC(=O)N(Cc2ccccc2)CC2(O)CCC3c4ccc(cc4C(=O)c4ccccc4)CC(O)CCC(C)=CCCC32C)cc1OC. The molecule has 7 nitrogen and oxygen atoms in total. The minimum atomic E-state index is -1.25. The van der Waals surface area contributed by atoms with Crippen molar-refractivity contribution in [1.29, 1.82) is 0 Å². The van der Waals surface area contributed by atoms with E-state index in [0.29, 0.717) is 61.3 Å². The lowest BCUT2D eigenvalue weighted by Crippen LogP contribution is -2.53. The Hall–Kier alpha value is -4.72. The largest absolute Gasteiger partial charge is 0.493 e. The summed E-state index contributed by atoms with van der Waals surface area (Å²) in [5.74, 6) is 0.845. The van der Waals surface area contributed by atoms with Crippen molar-refractivity contribution in [2.45, 2.75) is 89.4 Å². The number of ketones is 1. The second kappa shape index (κ2) is 16.5. The molecule has 4 atom stereocenters. The van der Waals surface area contributed by atoms with Crippen molar-refractivity contribution in [3.63, 3.8) is 0 Å². The predicted molar refractivity (Wildman–Crippen MR) is 208 cm³/mol. The molecule has 0 heterocycles. The van der Waals surface area contributed by atoms with Gasteiger partial charge in [0, 0.05) is 23.1 Å². The van der Waals surface area contributed by atoms with E-state index >= 15 is 0 Å². The number of hydrogen-bond acceptors (Lipinski definition) is 6. The molecule has 4 aromatic rings. The summed E-state index contributed by atoms with van der Waals surface area (Å²) >= 11 is 0. The molecule has 0 spiro atoms. The van der Waals surface area contributed by atoms with Gasteiger partial charge in [0.1, 0.15) is 0 Å². The summed E-state index contributed by atoms with van der Waals surface area (Å²) in [4.78, 5) is 30.5. The van der Waals surface area contributed by atoms with E-state index in [1.165, 1.54) is 5.57 Å². The van der Waals surface area contributed by atoms with Gasteiger partial charge < -0.3 is 24.6 Å². The maximum absolute atomic E-state index is 14.4. The van der Waals surface area contributed by atoms with Crippen LogP contribution in [-0.4, -0.2) is 59.3 Å². The van der Waals surface area contributed by atoms with E-state index in [0.717, 1.165) is 35.1 Å². The van der Waals surface area contributed by atoms with E-state index in [-0.39, 0.29) is 30.6 Å². The number of hydrogen-bond donors (Lipinski definition) is 2. The zero-order valence-corrected chi connectivity index (χ0v) is 31.5. The Morgan fingerprint density at radius 3 is 2.28 bits per heavy atom. The Bertz CT molecular complexity index is 1920. The molecule has 7 rings (SSSR count). The van der Waals surface area contributed by atoms with Gasteiger partial charge in [0.05, 0.1) is 38.9 Å². The van der Waals surface area contributed by atoms with Gasteiger partial charge in [-0.1, -0.05) is 97.4 Å². The molecule has 3 aliphatic rings. The highest BCUT2D eigenvalue weighted by atomic mass is 16.5. The van der Waals surface area contributed by atoms with Crippen molar-refractivity contribution < 1.29 is 29.3 Å². The van der Waals surface area contributed by atoms with Crippen LogP contribution in [0.3, 0.4) is 0 Å². The molecule has 53 heavy (non-hydrogen) atoms. The highest BCUT2D eigenvalue weighted by Gasteiger charge is 2.57. The smallest absolute Gasteiger partial charge is 0.227 e. The standard InChI is InChI=1S/C46H53NO6/c1-32-12-11-24-45(2)40(38-21-18-34(26-37(48)20-17-32)27-39(38)44(50)36-15-9-6-10-16-36)23-25-46(45,51)31-47(30-33-13-7-5-8-14-33)43(49)29-35-19-22-41(52-3)42(28-35)53-4/h5-10,12-16,18-19,21-22,27-28,37,40,48,51H,11,17,20,23-26,29-31H2,1-4H3. The summed E-state index contributed by atoms with van der Waals surface area (Å²) in [7, 11) is 3.17. The quantitative estimate of drug-likeness (QED) is 0.127. The second-order valence-corrected chi connectivity index (χ2v) is 15.2. The highest BCUT2D eigenvalue weighted by molar-refractivity contribution is 6.10. The Kier molecular flexibility index (Phi) is 11.9. The molecule has 1 amide bonds. The maximum Gasteiger partial charge on any atom is 0.227 e. The van der Waals surface area contributed by atoms with Crippen LogP contribution in [-0.2, 0) is 24.2 Å². The normalized spacial score (nSPS) is 23.0. The number of nitrogens with zero attached hydrogens (tertiary/aromatic N) is 1. The molecule has 4 aromatic carbocycles. The van der Waals surface area contributed by atoms with Crippen LogP contribution in [0.1, 0.15) is 96.5 Å². The number of benzene rings is 4. The molecule has 1 saturated carbocycles. The van der Waals surface area contributed by atoms with Gasteiger partial charge in [0.25, 0.3) is 0 Å². The molecule has 3 aliphatic carbocycles. The van der Waals surface area contributed by atoms with Gasteiger partial charge in [0.15, 0.2) is 17.3 Å². The van der Waals surface area contributed by atoms with Gasteiger partial charge in [0.2, 0.25) is 5.91 Å². The first-order chi connectivity index (χ1) is 25.5. The fourth-order valence-corrected chi connectivity index (χ4v) is 8.57. The number of aliphatic hydroxyl groups is 2. The van der Waals surface area contributed by atoms with Crippen molar-refractivity contribution in [1.82, 2.24) is 4.90 Å². The third-order valence-corrected chi connectivity index (χ3v) is 11.8. The summed E-state index contributed by atoms with van der Waals surface area (Å²) in [6.07, 6.45) is 6.26. The zero-order valence-electron chi connectivity index (χ0n) is 31.5. The third-order valence-electron chi connectivity index (χ3n) is 11.8. The lowest BCUT2D eigenvalue weighted by Gasteiger charge is -2.46. The number of ether oxygens (including phenoxy) is 2. The number of methoxy groups -OCH3 is 2. The van der Waals surface area contributed by atoms with Crippen LogP contribution < -0.4 is 9.47 Å². The van der Waals surface area contributed by atoms with E-state index < -0.39 is 17.1 Å². The summed E-state index contributed by atoms with van der Waals surface area (Å²) in [5, 5.41) is 24.1. The van der Waals surface area contributed by atoms with Gasteiger partial charge in [-0.05, 0) is 98.2 Å². The van der Waals surface area contributed by atoms with Gasteiger partial charge >= 0.3 is 0 Å². The van der Waals surface area contributed by atoms with Gasteiger partial charge in [-0.25, -0.2) is 0 Å². The summed E-state index contributed by atoms with van der Waals surface area (Å²) in [5.41, 5.74) is 4.12. The van der Waals surface area contributed by atoms with Gasteiger partial charge in [-0.2, -0.15) is 0 Å². The average molecular weight is 716 g/mol. The molecule has 0 aromatic heterocycles. The minimum Gasteiger partial charge on any atom is -0.493 e. The zero-order chi connectivity index (χ0) is 37.6. The molecule has 2 bridgehead atoms. The summed E-state index contributed by atoms with van der Waals surface area (Å²) in [6, 6.07) is 30.8. The Balaban J connectivity index is 1.40. The van der Waals surface area contributed by atoms with Crippen LogP contribution in [0.4, 0.5) is 0 Å². The molecule has 278 valence electrons. The number of rotatable bonds is 10. The number of carbonyl (C=O) groups excluding carboxylic acids is 2. The number of fused-ring (bicyclic) bond motifs is 8. The molecule has 0 radical (unpaired) electrons. The average Bonchev–Trinajstić information content (AvgIpc) is 3.42. The van der Waals surface area contributed by atoms with Crippen LogP contribution in [0.25, 0.3) is 0 Å². The molecule has 4 unspecified atom stereocenters. The van der Waals surface area contributed by atoms with E-state index in [1.54, 1.807) is 14.2 Å². The summed E-state index contributed by atoms with van der Waals surface area (Å²) in [6.45, 7) is 4.77.